The first-order valence-corrected chi connectivity index (χ1v) is 10.4. The van der Waals surface area contributed by atoms with Crippen molar-refractivity contribution < 1.29 is 9.53 Å². The Bertz CT molecular complexity index is 1000. The van der Waals surface area contributed by atoms with Crippen LogP contribution in [0.5, 0.6) is 5.75 Å². The second kappa shape index (κ2) is 8.70. The van der Waals surface area contributed by atoms with Gasteiger partial charge in [-0.05, 0) is 47.5 Å². The molecule has 0 atom stereocenters. The standard InChI is InChI=1S/C24H23BrN2O2/c1-29-21-11-9-18(10-12-21)16-27-14-13-26(17-19-5-4-6-20(25)15-19)23-8-3-2-7-22(23)24(27)28/h2-12,15H,13-14,16-17H2,1H3. The van der Waals surface area contributed by atoms with Gasteiger partial charge < -0.3 is 14.5 Å². The van der Waals surface area contributed by atoms with Crippen LogP contribution >= 0.6 is 15.9 Å². The molecule has 0 spiro atoms. The first-order valence-electron chi connectivity index (χ1n) is 9.64. The first kappa shape index (κ1) is 19.5. The van der Waals surface area contributed by atoms with Crippen molar-refractivity contribution in [2.24, 2.45) is 0 Å². The zero-order chi connectivity index (χ0) is 20.2. The zero-order valence-corrected chi connectivity index (χ0v) is 17.9. The highest BCUT2D eigenvalue weighted by molar-refractivity contribution is 9.10. The number of para-hydroxylation sites is 1. The Balaban J connectivity index is 1.59. The molecule has 0 N–H and O–H groups in total. The summed E-state index contributed by atoms with van der Waals surface area (Å²) in [5.74, 6) is 0.898. The van der Waals surface area contributed by atoms with E-state index < -0.39 is 0 Å². The number of carbonyl (C=O) groups excluding carboxylic acids is 1. The van der Waals surface area contributed by atoms with Crippen LogP contribution < -0.4 is 9.64 Å². The summed E-state index contributed by atoms with van der Waals surface area (Å²) in [6, 6.07) is 24.1. The average molecular weight is 451 g/mol. The van der Waals surface area contributed by atoms with Crippen molar-refractivity contribution in [3.63, 3.8) is 0 Å². The normalized spacial score (nSPS) is 13.8. The number of amides is 1. The van der Waals surface area contributed by atoms with Gasteiger partial charge in [-0.1, -0.05) is 52.3 Å². The summed E-state index contributed by atoms with van der Waals surface area (Å²) < 4.78 is 6.30. The van der Waals surface area contributed by atoms with Gasteiger partial charge in [0.25, 0.3) is 5.91 Å². The molecule has 0 fully saturated rings. The van der Waals surface area contributed by atoms with Crippen LogP contribution in [0.1, 0.15) is 21.5 Å². The Morgan fingerprint density at radius 1 is 0.862 bits per heavy atom. The predicted octanol–water partition coefficient (Wildman–Crippen LogP) is 5.12. The van der Waals surface area contributed by atoms with E-state index in [1.54, 1.807) is 7.11 Å². The molecule has 148 valence electrons. The Hall–Kier alpha value is -2.79. The SMILES string of the molecule is COc1ccc(CN2CCN(Cc3cccc(Br)c3)c3ccccc3C2=O)cc1. The molecule has 0 radical (unpaired) electrons. The number of hydrogen-bond donors (Lipinski definition) is 0. The van der Waals surface area contributed by atoms with Crippen LogP contribution in [0, 0.1) is 0 Å². The molecule has 1 heterocycles. The fraction of sp³-hybridized carbons (Fsp3) is 0.208. The van der Waals surface area contributed by atoms with Crippen molar-refractivity contribution in [3.05, 3.63) is 94.0 Å². The molecule has 4 rings (SSSR count). The van der Waals surface area contributed by atoms with Crippen LogP contribution in [0.3, 0.4) is 0 Å². The van der Waals surface area contributed by atoms with Crippen LogP contribution in [-0.2, 0) is 13.1 Å². The van der Waals surface area contributed by atoms with E-state index in [0.717, 1.165) is 40.1 Å². The number of nitrogens with zero attached hydrogens (tertiary/aromatic N) is 2. The second-order valence-corrected chi connectivity index (χ2v) is 8.06. The van der Waals surface area contributed by atoms with Gasteiger partial charge in [-0.25, -0.2) is 0 Å². The van der Waals surface area contributed by atoms with Crippen LogP contribution in [0.25, 0.3) is 0 Å². The Morgan fingerprint density at radius 3 is 2.34 bits per heavy atom. The molecule has 29 heavy (non-hydrogen) atoms. The van der Waals surface area contributed by atoms with Crippen LogP contribution in [-0.4, -0.2) is 31.0 Å². The lowest BCUT2D eigenvalue weighted by Crippen LogP contribution is -2.34. The third-order valence-corrected chi connectivity index (χ3v) is 5.69. The predicted molar refractivity (Wildman–Crippen MR) is 119 cm³/mol. The minimum absolute atomic E-state index is 0.0770. The summed E-state index contributed by atoms with van der Waals surface area (Å²) >= 11 is 3.55. The lowest BCUT2D eigenvalue weighted by molar-refractivity contribution is 0.0754. The van der Waals surface area contributed by atoms with Gasteiger partial charge in [0, 0.05) is 36.3 Å². The highest BCUT2D eigenvalue weighted by Crippen LogP contribution is 2.28. The third kappa shape index (κ3) is 4.46. The van der Waals surface area contributed by atoms with Crippen LogP contribution in [0.15, 0.2) is 77.3 Å². The van der Waals surface area contributed by atoms with Crippen LogP contribution in [0.2, 0.25) is 0 Å². The number of methoxy groups -OCH3 is 1. The molecular formula is C24H23BrN2O2. The maximum atomic E-state index is 13.3. The number of fused-ring (bicyclic) bond motifs is 1. The number of rotatable bonds is 5. The number of ether oxygens (including phenoxy) is 1. The molecule has 0 aliphatic carbocycles. The highest BCUT2D eigenvalue weighted by atomic mass is 79.9. The van der Waals surface area contributed by atoms with Crippen molar-refractivity contribution >= 4 is 27.5 Å². The van der Waals surface area contributed by atoms with Gasteiger partial charge in [0.05, 0.1) is 12.7 Å². The summed E-state index contributed by atoms with van der Waals surface area (Å²) in [6.07, 6.45) is 0. The minimum Gasteiger partial charge on any atom is -0.497 e. The van der Waals surface area contributed by atoms with Gasteiger partial charge in [-0.2, -0.15) is 0 Å². The molecule has 0 bridgehead atoms. The monoisotopic (exact) mass is 450 g/mol. The minimum atomic E-state index is 0.0770. The molecule has 3 aromatic rings. The maximum absolute atomic E-state index is 13.3. The van der Waals surface area contributed by atoms with Gasteiger partial charge in [-0.3, -0.25) is 4.79 Å². The number of carbonyl (C=O) groups is 1. The first-order chi connectivity index (χ1) is 14.1. The highest BCUT2D eigenvalue weighted by Gasteiger charge is 2.26. The van der Waals surface area contributed by atoms with Gasteiger partial charge in [0.1, 0.15) is 5.75 Å². The van der Waals surface area contributed by atoms with Crippen molar-refractivity contribution in [2.75, 3.05) is 25.1 Å². The molecule has 0 saturated heterocycles. The van der Waals surface area contributed by atoms with Gasteiger partial charge >= 0.3 is 0 Å². The Labute approximate surface area is 179 Å². The number of benzene rings is 3. The van der Waals surface area contributed by atoms with Crippen molar-refractivity contribution in [3.8, 4) is 5.75 Å². The number of halogens is 1. The van der Waals surface area contributed by atoms with Crippen LogP contribution in [0.4, 0.5) is 5.69 Å². The molecule has 1 amide bonds. The summed E-state index contributed by atoms with van der Waals surface area (Å²) in [7, 11) is 1.66. The average Bonchev–Trinajstić information content (AvgIpc) is 2.87. The van der Waals surface area contributed by atoms with Crippen molar-refractivity contribution in [1.82, 2.24) is 4.90 Å². The fourth-order valence-electron chi connectivity index (χ4n) is 3.69. The van der Waals surface area contributed by atoms with Crippen molar-refractivity contribution in [2.45, 2.75) is 13.1 Å². The number of hydrogen-bond acceptors (Lipinski definition) is 3. The van der Waals surface area contributed by atoms with E-state index in [1.807, 2.05) is 65.6 Å². The summed E-state index contributed by atoms with van der Waals surface area (Å²) in [5, 5.41) is 0. The third-order valence-electron chi connectivity index (χ3n) is 5.20. The van der Waals surface area contributed by atoms with Gasteiger partial charge in [0.2, 0.25) is 0 Å². The quantitative estimate of drug-likeness (QED) is 0.540. The Kier molecular flexibility index (Phi) is 5.86. The lowest BCUT2D eigenvalue weighted by atomic mass is 10.1. The lowest BCUT2D eigenvalue weighted by Gasteiger charge is -2.25. The molecule has 0 saturated carbocycles. The smallest absolute Gasteiger partial charge is 0.256 e. The maximum Gasteiger partial charge on any atom is 0.256 e. The second-order valence-electron chi connectivity index (χ2n) is 7.14. The molecule has 4 nitrogen and oxygen atoms in total. The molecule has 3 aromatic carbocycles. The van der Waals surface area contributed by atoms with E-state index in [2.05, 4.69) is 33.0 Å². The molecule has 0 unspecified atom stereocenters. The molecule has 0 aromatic heterocycles. The molecule has 5 heteroatoms. The van der Waals surface area contributed by atoms with E-state index in [9.17, 15) is 4.79 Å². The largest absolute Gasteiger partial charge is 0.497 e. The summed E-state index contributed by atoms with van der Waals surface area (Å²) in [6.45, 7) is 2.81. The van der Waals surface area contributed by atoms with E-state index in [4.69, 9.17) is 4.74 Å². The van der Waals surface area contributed by atoms with Crippen molar-refractivity contribution in [1.29, 1.82) is 0 Å². The Morgan fingerprint density at radius 2 is 1.59 bits per heavy atom. The molecule has 1 aliphatic heterocycles. The summed E-state index contributed by atoms with van der Waals surface area (Å²) in [5.41, 5.74) is 4.06. The van der Waals surface area contributed by atoms with E-state index in [-0.39, 0.29) is 5.91 Å². The molecular weight excluding hydrogens is 428 g/mol. The zero-order valence-electron chi connectivity index (χ0n) is 16.3. The van der Waals surface area contributed by atoms with Gasteiger partial charge in [-0.15, -0.1) is 0 Å². The van der Waals surface area contributed by atoms with Gasteiger partial charge in [0.15, 0.2) is 0 Å². The van der Waals surface area contributed by atoms with E-state index in [1.165, 1.54) is 5.56 Å². The molecule has 1 aliphatic rings. The van der Waals surface area contributed by atoms with E-state index in [0.29, 0.717) is 13.1 Å². The fourth-order valence-corrected chi connectivity index (χ4v) is 4.13. The topological polar surface area (TPSA) is 32.8 Å². The van der Waals surface area contributed by atoms with E-state index >= 15 is 0 Å². The number of anilines is 1. The summed E-state index contributed by atoms with van der Waals surface area (Å²) in [4.78, 5) is 17.5.